The van der Waals surface area contributed by atoms with Crippen molar-refractivity contribution in [2.75, 3.05) is 6.54 Å². The van der Waals surface area contributed by atoms with Crippen molar-refractivity contribution >= 4 is 0 Å². The normalized spacial score (nSPS) is 11.8. The van der Waals surface area contributed by atoms with Crippen LogP contribution in [0.15, 0.2) is 42.7 Å². The quantitative estimate of drug-likeness (QED) is 0.784. The first-order valence-electron chi connectivity index (χ1n) is 7.63. The zero-order valence-electron chi connectivity index (χ0n) is 12.9. The summed E-state index contributed by atoms with van der Waals surface area (Å²) in [6.07, 6.45) is 5.47. The molecule has 0 saturated carbocycles. The molecule has 2 aromatic rings. The Bertz CT molecular complexity index is 532. The van der Waals surface area contributed by atoms with E-state index in [1.165, 1.54) is 5.56 Å². The molecule has 0 radical (unpaired) electrons. The summed E-state index contributed by atoms with van der Waals surface area (Å²) in [6, 6.07) is 10.3. The summed E-state index contributed by atoms with van der Waals surface area (Å²) in [5.74, 6) is 0. The molecule has 0 atom stereocenters. The minimum atomic E-state index is -0.597. The van der Waals surface area contributed by atoms with Crippen molar-refractivity contribution in [1.29, 1.82) is 0 Å². The van der Waals surface area contributed by atoms with Gasteiger partial charge in [-0.25, -0.2) is 0 Å². The van der Waals surface area contributed by atoms with E-state index in [1.807, 2.05) is 42.9 Å². The summed E-state index contributed by atoms with van der Waals surface area (Å²) in [5, 5.41) is 17.9. The second-order valence-corrected chi connectivity index (χ2v) is 5.57. The Hall–Kier alpha value is -1.65. The molecular formula is C17H25N3O. The number of aliphatic hydroxyl groups is 1. The van der Waals surface area contributed by atoms with Crippen LogP contribution in [0.5, 0.6) is 0 Å². The predicted octanol–water partition coefficient (Wildman–Crippen LogP) is 2.57. The zero-order chi connectivity index (χ0) is 15.1. The Morgan fingerprint density at radius 1 is 1.14 bits per heavy atom. The lowest BCUT2D eigenvalue weighted by molar-refractivity contribution is 0.0323. The second-order valence-electron chi connectivity index (χ2n) is 5.57. The van der Waals surface area contributed by atoms with Crippen LogP contribution in [0.2, 0.25) is 0 Å². The van der Waals surface area contributed by atoms with Crippen molar-refractivity contribution in [3.05, 3.63) is 53.9 Å². The van der Waals surface area contributed by atoms with E-state index in [-0.39, 0.29) is 0 Å². The highest BCUT2D eigenvalue weighted by atomic mass is 16.3. The molecule has 21 heavy (non-hydrogen) atoms. The minimum Gasteiger partial charge on any atom is -0.389 e. The van der Waals surface area contributed by atoms with Crippen LogP contribution in [0.1, 0.15) is 37.8 Å². The van der Waals surface area contributed by atoms with Crippen LogP contribution in [0.25, 0.3) is 0 Å². The first-order valence-corrected chi connectivity index (χ1v) is 7.63. The van der Waals surface area contributed by atoms with Crippen LogP contribution in [0.3, 0.4) is 0 Å². The van der Waals surface area contributed by atoms with Gasteiger partial charge in [-0.15, -0.1) is 0 Å². The molecule has 0 fully saturated rings. The molecule has 0 aliphatic rings. The lowest BCUT2D eigenvalue weighted by Gasteiger charge is -2.25. The van der Waals surface area contributed by atoms with Gasteiger partial charge in [0.15, 0.2) is 0 Å². The molecule has 0 spiro atoms. The molecule has 1 aromatic heterocycles. The number of benzene rings is 1. The van der Waals surface area contributed by atoms with Crippen molar-refractivity contribution in [3.63, 3.8) is 0 Å². The van der Waals surface area contributed by atoms with E-state index in [2.05, 4.69) is 28.7 Å². The Labute approximate surface area is 126 Å². The summed E-state index contributed by atoms with van der Waals surface area (Å²) >= 11 is 0. The van der Waals surface area contributed by atoms with Crippen LogP contribution < -0.4 is 5.32 Å². The van der Waals surface area contributed by atoms with Gasteiger partial charge in [-0.05, 0) is 18.4 Å². The Kier molecular flexibility index (Phi) is 5.53. The average molecular weight is 287 g/mol. The van der Waals surface area contributed by atoms with Crippen molar-refractivity contribution in [2.45, 2.75) is 45.4 Å². The summed E-state index contributed by atoms with van der Waals surface area (Å²) < 4.78 is 1.94. The van der Waals surface area contributed by atoms with Crippen molar-refractivity contribution in [3.8, 4) is 0 Å². The zero-order valence-corrected chi connectivity index (χ0v) is 12.9. The summed E-state index contributed by atoms with van der Waals surface area (Å²) in [5.41, 5.74) is 1.78. The van der Waals surface area contributed by atoms with E-state index < -0.39 is 5.60 Å². The monoisotopic (exact) mass is 287 g/mol. The molecular weight excluding hydrogens is 262 g/mol. The number of rotatable bonds is 8. The van der Waals surface area contributed by atoms with Crippen molar-refractivity contribution in [2.24, 2.45) is 0 Å². The highest BCUT2D eigenvalue weighted by Crippen LogP contribution is 2.13. The molecule has 4 nitrogen and oxygen atoms in total. The number of hydrogen-bond acceptors (Lipinski definition) is 3. The number of nitrogens with one attached hydrogen (secondary N) is 1. The summed E-state index contributed by atoms with van der Waals surface area (Å²) in [4.78, 5) is 0. The third-order valence-electron chi connectivity index (χ3n) is 3.97. The standard InChI is InChI=1S/C17H25N3O/c1-3-17(21,4-2)14-18-10-16-11-19-20(13-16)12-15-8-6-5-7-9-15/h5-9,11,13,18,21H,3-4,10,12,14H2,1-2H3. The first kappa shape index (κ1) is 15.7. The molecule has 0 unspecified atom stereocenters. The van der Waals surface area contributed by atoms with Gasteiger partial charge in [-0.2, -0.15) is 5.10 Å². The van der Waals surface area contributed by atoms with Crippen LogP contribution >= 0.6 is 0 Å². The fourth-order valence-electron chi connectivity index (χ4n) is 2.29. The topological polar surface area (TPSA) is 50.1 Å². The SMILES string of the molecule is CCC(O)(CC)CNCc1cnn(Cc2ccccc2)c1. The second kappa shape index (κ2) is 7.38. The van der Waals surface area contributed by atoms with Crippen molar-refractivity contribution in [1.82, 2.24) is 15.1 Å². The molecule has 0 aliphatic carbocycles. The fourth-order valence-corrected chi connectivity index (χ4v) is 2.29. The molecule has 0 bridgehead atoms. The molecule has 114 valence electrons. The smallest absolute Gasteiger partial charge is 0.0766 e. The Morgan fingerprint density at radius 3 is 2.52 bits per heavy atom. The van der Waals surface area contributed by atoms with Crippen LogP contribution in [-0.4, -0.2) is 27.0 Å². The molecule has 0 saturated heterocycles. The highest BCUT2D eigenvalue weighted by molar-refractivity contribution is 5.15. The van der Waals surface area contributed by atoms with E-state index in [4.69, 9.17) is 0 Å². The van der Waals surface area contributed by atoms with Gasteiger partial charge in [0.1, 0.15) is 0 Å². The molecule has 1 heterocycles. The van der Waals surface area contributed by atoms with Crippen LogP contribution in [-0.2, 0) is 13.1 Å². The van der Waals surface area contributed by atoms with Crippen molar-refractivity contribution < 1.29 is 5.11 Å². The van der Waals surface area contributed by atoms with E-state index >= 15 is 0 Å². The highest BCUT2D eigenvalue weighted by Gasteiger charge is 2.21. The van der Waals surface area contributed by atoms with Gasteiger partial charge in [-0.3, -0.25) is 4.68 Å². The first-order chi connectivity index (χ1) is 10.1. The van der Waals surface area contributed by atoms with Crippen LogP contribution in [0, 0.1) is 0 Å². The van der Waals surface area contributed by atoms with Gasteiger partial charge in [0.25, 0.3) is 0 Å². The number of nitrogens with zero attached hydrogens (tertiary/aromatic N) is 2. The maximum atomic E-state index is 10.2. The lowest BCUT2D eigenvalue weighted by atomic mass is 9.97. The van der Waals surface area contributed by atoms with Gasteiger partial charge >= 0.3 is 0 Å². The van der Waals surface area contributed by atoms with Gasteiger partial charge in [0.2, 0.25) is 0 Å². The maximum absolute atomic E-state index is 10.2. The lowest BCUT2D eigenvalue weighted by Crippen LogP contribution is -2.39. The van der Waals surface area contributed by atoms with E-state index in [1.54, 1.807) is 0 Å². The maximum Gasteiger partial charge on any atom is 0.0766 e. The molecule has 0 aliphatic heterocycles. The molecule has 4 heteroatoms. The van der Waals surface area contributed by atoms with E-state index in [9.17, 15) is 5.11 Å². The molecule has 2 N–H and O–H groups in total. The minimum absolute atomic E-state index is 0.597. The largest absolute Gasteiger partial charge is 0.389 e. The van der Waals surface area contributed by atoms with E-state index in [0.717, 1.165) is 31.5 Å². The predicted molar refractivity (Wildman–Crippen MR) is 85.0 cm³/mol. The third-order valence-corrected chi connectivity index (χ3v) is 3.97. The van der Waals surface area contributed by atoms with Gasteiger partial charge in [0, 0.05) is 24.8 Å². The van der Waals surface area contributed by atoms with Gasteiger partial charge < -0.3 is 10.4 Å². The number of hydrogen-bond donors (Lipinski definition) is 2. The van der Waals surface area contributed by atoms with Gasteiger partial charge in [0.05, 0.1) is 18.3 Å². The Balaban J connectivity index is 1.83. The van der Waals surface area contributed by atoms with Crippen LogP contribution in [0.4, 0.5) is 0 Å². The number of aromatic nitrogens is 2. The third kappa shape index (κ3) is 4.69. The Morgan fingerprint density at radius 2 is 1.86 bits per heavy atom. The average Bonchev–Trinajstić information content (AvgIpc) is 2.95. The summed E-state index contributed by atoms with van der Waals surface area (Å²) in [6.45, 7) is 6.17. The summed E-state index contributed by atoms with van der Waals surface area (Å²) in [7, 11) is 0. The molecule has 1 aromatic carbocycles. The van der Waals surface area contributed by atoms with Gasteiger partial charge in [-0.1, -0.05) is 44.2 Å². The molecule has 2 rings (SSSR count). The molecule has 0 amide bonds. The van der Waals surface area contributed by atoms with E-state index in [0.29, 0.717) is 6.54 Å². The fraction of sp³-hybridized carbons (Fsp3) is 0.471.